The summed E-state index contributed by atoms with van der Waals surface area (Å²) in [7, 11) is 1.58. The maximum absolute atomic E-state index is 12.2. The van der Waals surface area contributed by atoms with Gasteiger partial charge in [0.25, 0.3) is 5.91 Å². The zero-order valence-electron chi connectivity index (χ0n) is 15.5. The molecule has 1 fully saturated rings. The van der Waals surface area contributed by atoms with Crippen molar-refractivity contribution in [3.8, 4) is 5.75 Å². The fourth-order valence-electron chi connectivity index (χ4n) is 3.46. The molecule has 0 unspecified atom stereocenters. The second-order valence-corrected chi connectivity index (χ2v) is 6.83. The van der Waals surface area contributed by atoms with E-state index < -0.39 is 0 Å². The van der Waals surface area contributed by atoms with Crippen LogP contribution in [0.25, 0.3) is 0 Å². The minimum Gasteiger partial charge on any atom is -0.497 e. The number of carbonyl (C=O) groups is 1. The topological polar surface area (TPSA) is 50.7 Å². The summed E-state index contributed by atoms with van der Waals surface area (Å²) in [6.45, 7) is 1.90. The Morgan fingerprint density at radius 2 is 1.77 bits per heavy atom. The third-order valence-electron chi connectivity index (χ3n) is 5.06. The van der Waals surface area contributed by atoms with Crippen LogP contribution >= 0.6 is 0 Å². The predicted octanol–water partition coefficient (Wildman–Crippen LogP) is 4.90. The third kappa shape index (κ3) is 4.51. The summed E-state index contributed by atoms with van der Waals surface area (Å²) < 4.78 is 5.15. The Balaban J connectivity index is 1.64. The fraction of sp³-hybridized carbons (Fsp3) is 0.364. The van der Waals surface area contributed by atoms with Crippen molar-refractivity contribution in [1.82, 2.24) is 5.43 Å². The van der Waals surface area contributed by atoms with Gasteiger partial charge in [0.2, 0.25) is 0 Å². The maximum Gasteiger partial charge on any atom is 0.271 e. The van der Waals surface area contributed by atoms with Crippen molar-refractivity contribution in [2.75, 3.05) is 7.11 Å². The van der Waals surface area contributed by atoms with Crippen molar-refractivity contribution >= 4 is 11.6 Å². The van der Waals surface area contributed by atoms with Gasteiger partial charge in [-0.3, -0.25) is 4.79 Å². The van der Waals surface area contributed by atoms with Gasteiger partial charge < -0.3 is 4.74 Å². The summed E-state index contributed by atoms with van der Waals surface area (Å²) in [5, 5.41) is 4.24. The van der Waals surface area contributed by atoms with Gasteiger partial charge in [0.15, 0.2) is 0 Å². The molecule has 0 aromatic heterocycles. The predicted molar refractivity (Wildman–Crippen MR) is 105 cm³/mol. The Morgan fingerprint density at radius 1 is 1.04 bits per heavy atom. The van der Waals surface area contributed by atoms with Gasteiger partial charge in [-0.25, -0.2) is 5.43 Å². The number of methoxy groups -OCH3 is 1. The van der Waals surface area contributed by atoms with Crippen LogP contribution in [0.2, 0.25) is 0 Å². The van der Waals surface area contributed by atoms with E-state index in [0.717, 1.165) is 11.3 Å². The molecule has 0 radical (unpaired) electrons. The minimum absolute atomic E-state index is 0.248. The highest BCUT2D eigenvalue weighted by Gasteiger charge is 2.15. The van der Waals surface area contributed by atoms with E-state index in [-0.39, 0.29) is 5.91 Å². The van der Waals surface area contributed by atoms with Gasteiger partial charge in [0.1, 0.15) is 5.75 Å². The number of rotatable bonds is 5. The average Bonchev–Trinajstić information content (AvgIpc) is 2.72. The minimum atomic E-state index is -0.248. The summed E-state index contributed by atoms with van der Waals surface area (Å²) in [4.78, 5) is 12.2. The van der Waals surface area contributed by atoms with Gasteiger partial charge in [-0.15, -0.1) is 0 Å². The third-order valence-corrected chi connectivity index (χ3v) is 5.06. The van der Waals surface area contributed by atoms with Crippen LogP contribution in [-0.4, -0.2) is 18.7 Å². The molecule has 2 aromatic carbocycles. The smallest absolute Gasteiger partial charge is 0.271 e. The number of hydrazone groups is 1. The molecule has 26 heavy (non-hydrogen) atoms. The lowest BCUT2D eigenvalue weighted by Gasteiger charge is -2.22. The molecule has 1 aliphatic carbocycles. The summed E-state index contributed by atoms with van der Waals surface area (Å²) in [5.41, 5.74) is 6.37. The zero-order chi connectivity index (χ0) is 18.4. The molecule has 1 aliphatic rings. The molecule has 1 N–H and O–H groups in total. The lowest BCUT2D eigenvalue weighted by Crippen LogP contribution is -2.19. The summed E-state index contributed by atoms with van der Waals surface area (Å²) in [6.07, 6.45) is 6.63. The molecule has 0 atom stereocenters. The van der Waals surface area contributed by atoms with E-state index in [1.54, 1.807) is 31.4 Å². The monoisotopic (exact) mass is 350 g/mol. The number of carbonyl (C=O) groups excluding carboxylic acids is 1. The normalized spacial score (nSPS) is 15.5. The molecule has 0 heterocycles. The molecular weight excluding hydrogens is 324 g/mol. The maximum atomic E-state index is 12.2. The van der Waals surface area contributed by atoms with Gasteiger partial charge >= 0.3 is 0 Å². The molecule has 1 amide bonds. The number of hydrogen-bond acceptors (Lipinski definition) is 3. The second kappa shape index (κ2) is 8.65. The molecule has 4 nitrogen and oxygen atoms in total. The molecule has 3 rings (SSSR count). The van der Waals surface area contributed by atoms with E-state index in [0.29, 0.717) is 17.2 Å². The molecule has 136 valence electrons. The van der Waals surface area contributed by atoms with Crippen LogP contribution in [0.1, 0.15) is 66.4 Å². The van der Waals surface area contributed by atoms with E-state index in [1.807, 2.05) is 6.92 Å². The number of hydrogen-bond donors (Lipinski definition) is 1. The fourth-order valence-corrected chi connectivity index (χ4v) is 3.46. The second-order valence-electron chi connectivity index (χ2n) is 6.83. The molecule has 0 aliphatic heterocycles. The SMILES string of the molecule is COc1cccc(C(=O)N/N=C(\C)c2ccc(C3CCCCC3)cc2)c1. The van der Waals surface area contributed by atoms with Crippen molar-refractivity contribution in [2.45, 2.75) is 44.9 Å². The highest BCUT2D eigenvalue weighted by atomic mass is 16.5. The van der Waals surface area contributed by atoms with E-state index in [9.17, 15) is 4.79 Å². The Kier molecular flexibility index (Phi) is 6.05. The standard InChI is InChI=1S/C22H26N2O2/c1-16(23-24-22(25)20-9-6-10-21(15-20)26-2)17-11-13-19(14-12-17)18-7-4-3-5-8-18/h6,9-15,18H,3-5,7-8H2,1-2H3,(H,24,25)/b23-16+. The lowest BCUT2D eigenvalue weighted by molar-refractivity contribution is 0.0954. The summed E-state index contributed by atoms with van der Waals surface area (Å²) in [6, 6.07) is 15.6. The van der Waals surface area contributed by atoms with Crippen molar-refractivity contribution in [3.63, 3.8) is 0 Å². The van der Waals surface area contributed by atoms with Crippen molar-refractivity contribution in [3.05, 3.63) is 65.2 Å². The Labute approximate surface area is 155 Å². The molecule has 4 heteroatoms. The first-order valence-electron chi connectivity index (χ1n) is 9.26. The van der Waals surface area contributed by atoms with Crippen molar-refractivity contribution in [2.24, 2.45) is 5.10 Å². The van der Waals surface area contributed by atoms with Crippen LogP contribution in [0.4, 0.5) is 0 Å². The van der Waals surface area contributed by atoms with Crippen LogP contribution < -0.4 is 10.2 Å². The van der Waals surface area contributed by atoms with E-state index >= 15 is 0 Å². The highest BCUT2D eigenvalue weighted by Crippen LogP contribution is 2.32. The number of amides is 1. The van der Waals surface area contributed by atoms with E-state index in [2.05, 4.69) is 34.8 Å². The van der Waals surface area contributed by atoms with Crippen LogP contribution in [0, 0.1) is 0 Å². The number of nitrogens with one attached hydrogen (secondary N) is 1. The van der Waals surface area contributed by atoms with Crippen LogP contribution in [0.5, 0.6) is 5.75 Å². The van der Waals surface area contributed by atoms with Crippen molar-refractivity contribution in [1.29, 1.82) is 0 Å². The zero-order valence-corrected chi connectivity index (χ0v) is 15.5. The largest absolute Gasteiger partial charge is 0.497 e. The molecule has 2 aromatic rings. The first-order valence-corrected chi connectivity index (χ1v) is 9.26. The first-order chi connectivity index (χ1) is 12.7. The lowest BCUT2D eigenvalue weighted by atomic mass is 9.84. The van der Waals surface area contributed by atoms with Gasteiger partial charge in [-0.05, 0) is 55.0 Å². The van der Waals surface area contributed by atoms with E-state index in [1.165, 1.54) is 37.7 Å². The summed E-state index contributed by atoms with van der Waals surface area (Å²) in [5.74, 6) is 1.10. The molecular formula is C22H26N2O2. The van der Waals surface area contributed by atoms with Gasteiger partial charge in [-0.1, -0.05) is 49.6 Å². The molecule has 0 saturated heterocycles. The molecule has 1 saturated carbocycles. The first kappa shape index (κ1) is 18.2. The number of ether oxygens (including phenoxy) is 1. The Morgan fingerprint density at radius 3 is 2.46 bits per heavy atom. The van der Waals surface area contributed by atoms with Crippen LogP contribution in [0.15, 0.2) is 53.6 Å². The van der Waals surface area contributed by atoms with Crippen LogP contribution in [-0.2, 0) is 0 Å². The van der Waals surface area contributed by atoms with Gasteiger partial charge in [-0.2, -0.15) is 5.10 Å². The molecule has 0 bridgehead atoms. The average molecular weight is 350 g/mol. The number of benzene rings is 2. The Hall–Kier alpha value is -2.62. The quantitative estimate of drug-likeness (QED) is 0.616. The highest BCUT2D eigenvalue weighted by molar-refractivity contribution is 6.00. The van der Waals surface area contributed by atoms with E-state index in [4.69, 9.17) is 4.74 Å². The Bertz CT molecular complexity index is 775. The van der Waals surface area contributed by atoms with Crippen LogP contribution in [0.3, 0.4) is 0 Å². The molecule has 0 spiro atoms. The van der Waals surface area contributed by atoms with Gasteiger partial charge in [0, 0.05) is 5.56 Å². The summed E-state index contributed by atoms with van der Waals surface area (Å²) >= 11 is 0. The van der Waals surface area contributed by atoms with Crippen molar-refractivity contribution < 1.29 is 9.53 Å². The number of nitrogens with zero attached hydrogens (tertiary/aromatic N) is 1. The van der Waals surface area contributed by atoms with Gasteiger partial charge in [0.05, 0.1) is 12.8 Å².